The fourth-order valence-electron chi connectivity index (χ4n) is 1.81. The molecule has 18 heavy (non-hydrogen) atoms. The molecule has 3 nitrogen and oxygen atoms in total. The van der Waals surface area contributed by atoms with Gasteiger partial charge in [0.15, 0.2) is 9.84 Å². The summed E-state index contributed by atoms with van der Waals surface area (Å²) in [7, 11) is -3.54. The number of halogens is 1. The van der Waals surface area contributed by atoms with Gasteiger partial charge in [-0.3, -0.25) is 0 Å². The molecule has 102 valence electrons. The third kappa shape index (κ3) is 4.59. The first-order valence-electron chi connectivity index (χ1n) is 5.77. The molecule has 1 atom stereocenters. The smallest absolute Gasteiger partial charge is 0.182 e. The summed E-state index contributed by atoms with van der Waals surface area (Å²) in [6.45, 7) is 5.87. The van der Waals surface area contributed by atoms with Crippen molar-refractivity contribution >= 4 is 21.4 Å². The van der Waals surface area contributed by atoms with E-state index in [1.807, 2.05) is 20.8 Å². The molecule has 1 unspecified atom stereocenters. The van der Waals surface area contributed by atoms with Crippen LogP contribution in [0.25, 0.3) is 0 Å². The Kier molecular flexibility index (Phi) is 4.81. The molecule has 0 radical (unpaired) electrons. The van der Waals surface area contributed by atoms with Crippen LogP contribution in [0.4, 0.5) is 0 Å². The normalized spacial score (nSPS) is 14.5. The van der Waals surface area contributed by atoms with Crippen molar-refractivity contribution < 1.29 is 13.5 Å². The zero-order chi connectivity index (χ0) is 14.0. The van der Waals surface area contributed by atoms with Crippen LogP contribution in [0.3, 0.4) is 0 Å². The number of aliphatic hydroxyl groups excluding tert-OH is 1. The van der Waals surface area contributed by atoms with Gasteiger partial charge in [-0.1, -0.05) is 44.5 Å². The van der Waals surface area contributed by atoms with Crippen molar-refractivity contribution in [1.29, 1.82) is 0 Å². The van der Waals surface area contributed by atoms with E-state index in [1.54, 1.807) is 12.1 Å². The lowest BCUT2D eigenvalue weighted by Gasteiger charge is -2.22. The molecule has 0 aliphatic carbocycles. The fraction of sp³-hybridized carbons (Fsp3) is 0.538. The van der Waals surface area contributed by atoms with Crippen molar-refractivity contribution in [2.45, 2.75) is 38.2 Å². The van der Waals surface area contributed by atoms with Gasteiger partial charge in [0.25, 0.3) is 0 Å². The summed E-state index contributed by atoms with van der Waals surface area (Å²) in [5.74, 6) is -0.298. The summed E-state index contributed by atoms with van der Waals surface area (Å²) in [5.41, 5.74) is -0.116. The molecule has 5 heteroatoms. The van der Waals surface area contributed by atoms with Crippen molar-refractivity contribution in [2.75, 3.05) is 5.75 Å². The minimum absolute atomic E-state index is 0.0830. The first-order valence-corrected chi connectivity index (χ1v) is 7.80. The van der Waals surface area contributed by atoms with Gasteiger partial charge in [0.1, 0.15) is 0 Å². The number of hydrogen-bond donors (Lipinski definition) is 1. The third-order valence-corrected chi connectivity index (χ3v) is 4.72. The molecule has 0 amide bonds. The van der Waals surface area contributed by atoms with E-state index in [-0.39, 0.29) is 21.1 Å². The Balaban J connectivity index is 2.87. The van der Waals surface area contributed by atoms with Gasteiger partial charge in [-0.2, -0.15) is 0 Å². The minimum Gasteiger partial charge on any atom is -0.392 e. The Hall–Kier alpha value is -0.580. The van der Waals surface area contributed by atoms with Crippen LogP contribution in [-0.4, -0.2) is 25.4 Å². The molecule has 1 aromatic rings. The fourth-order valence-corrected chi connectivity index (χ4v) is 3.75. The Bertz CT molecular complexity index is 503. The standard InChI is InChI=1S/C13H19ClO3S/c1-13(2,3)8-10(15)9-18(16,17)12-7-5-4-6-11(12)14/h4-7,10,15H,8-9H2,1-3H3. The van der Waals surface area contributed by atoms with Gasteiger partial charge in [0.2, 0.25) is 0 Å². The number of hydrogen-bond acceptors (Lipinski definition) is 3. The molecular weight excluding hydrogens is 272 g/mol. The van der Waals surface area contributed by atoms with Crippen molar-refractivity contribution in [3.8, 4) is 0 Å². The Morgan fingerprint density at radius 2 is 1.83 bits per heavy atom. The maximum absolute atomic E-state index is 12.1. The van der Waals surface area contributed by atoms with Gasteiger partial charge < -0.3 is 5.11 Å². The molecule has 1 N–H and O–H groups in total. The lowest BCUT2D eigenvalue weighted by molar-refractivity contribution is 0.140. The SMILES string of the molecule is CC(C)(C)CC(O)CS(=O)(=O)c1ccccc1Cl. The highest BCUT2D eigenvalue weighted by Crippen LogP contribution is 2.25. The van der Waals surface area contributed by atoms with Crippen molar-refractivity contribution in [2.24, 2.45) is 5.41 Å². The molecule has 0 heterocycles. The number of benzene rings is 1. The van der Waals surface area contributed by atoms with Crippen LogP contribution in [0.15, 0.2) is 29.2 Å². The first-order chi connectivity index (χ1) is 8.12. The van der Waals surface area contributed by atoms with E-state index in [0.29, 0.717) is 6.42 Å². The van der Waals surface area contributed by atoms with Crippen molar-refractivity contribution in [3.63, 3.8) is 0 Å². The second-order valence-corrected chi connectivity index (χ2v) is 8.04. The van der Waals surface area contributed by atoms with Gasteiger partial charge in [0, 0.05) is 0 Å². The van der Waals surface area contributed by atoms with Crippen molar-refractivity contribution in [3.05, 3.63) is 29.3 Å². The summed E-state index contributed by atoms with van der Waals surface area (Å²) in [6, 6.07) is 6.29. The molecule has 0 aromatic heterocycles. The van der Waals surface area contributed by atoms with E-state index < -0.39 is 15.9 Å². The lowest BCUT2D eigenvalue weighted by atomic mass is 9.90. The first kappa shape index (κ1) is 15.5. The zero-order valence-corrected chi connectivity index (χ0v) is 12.4. The predicted molar refractivity (Wildman–Crippen MR) is 73.6 cm³/mol. The molecule has 0 saturated heterocycles. The van der Waals surface area contributed by atoms with E-state index >= 15 is 0 Å². The van der Waals surface area contributed by atoms with Crippen molar-refractivity contribution in [1.82, 2.24) is 0 Å². The molecule has 0 bridgehead atoms. The largest absolute Gasteiger partial charge is 0.392 e. The third-order valence-electron chi connectivity index (χ3n) is 2.43. The highest BCUT2D eigenvalue weighted by molar-refractivity contribution is 7.91. The van der Waals surface area contributed by atoms with Gasteiger partial charge in [0.05, 0.1) is 21.8 Å². The van der Waals surface area contributed by atoms with E-state index in [4.69, 9.17) is 11.6 Å². The van der Waals surface area contributed by atoms with Gasteiger partial charge in [-0.25, -0.2) is 8.42 Å². The zero-order valence-electron chi connectivity index (χ0n) is 10.9. The number of aliphatic hydroxyl groups is 1. The predicted octanol–water partition coefficient (Wildman–Crippen LogP) is 2.91. The Morgan fingerprint density at radius 3 is 2.33 bits per heavy atom. The van der Waals surface area contributed by atoms with Gasteiger partial charge in [-0.05, 0) is 24.0 Å². The number of sulfone groups is 1. The van der Waals surface area contributed by atoms with E-state index in [0.717, 1.165) is 0 Å². The maximum atomic E-state index is 12.1. The lowest BCUT2D eigenvalue weighted by Crippen LogP contribution is -2.26. The van der Waals surface area contributed by atoms with E-state index in [9.17, 15) is 13.5 Å². The Morgan fingerprint density at radius 1 is 1.28 bits per heavy atom. The highest BCUT2D eigenvalue weighted by Gasteiger charge is 2.25. The maximum Gasteiger partial charge on any atom is 0.182 e. The minimum atomic E-state index is -3.54. The number of rotatable bonds is 4. The van der Waals surface area contributed by atoms with Crippen LogP contribution in [-0.2, 0) is 9.84 Å². The van der Waals surface area contributed by atoms with Gasteiger partial charge >= 0.3 is 0 Å². The molecule has 0 saturated carbocycles. The van der Waals surface area contributed by atoms with Gasteiger partial charge in [-0.15, -0.1) is 0 Å². The molecule has 0 spiro atoms. The highest BCUT2D eigenvalue weighted by atomic mass is 35.5. The van der Waals surface area contributed by atoms with Crippen LogP contribution >= 0.6 is 11.6 Å². The summed E-state index contributed by atoms with van der Waals surface area (Å²) >= 11 is 5.86. The van der Waals surface area contributed by atoms with Crippen LogP contribution in [0, 0.1) is 5.41 Å². The second-order valence-electron chi connectivity index (χ2n) is 5.63. The monoisotopic (exact) mass is 290 g/mol. The summed E-state index contributed by atoms with van der Waals surface area (Å²) in [5, 5.41) is 10.0. The molecule has 0 aliphatic rings. The molecule has 1 aromatic carbocycles. The summed E-state index contributed by atoms with van der Waals surface area (Å²) in [6.07, 6.45) is -0.456. The van der Waals surface area contributed by atoms with E-state index in [2.05, 4.69) is 0 Å². The average Bonchev–Trinajstić information content (AvgIpc) is 2.13. The summed E-state index contributed by atoms with van der Waals surface area (Å²) < 4.78 is 24.2. The van der Waals surface area contributed by atoms with Crippen LogP contribution in [0.1, 0.15) is 27.2 Å². The molecular formula is C13H19ClO3S. The topological polar surface area (TPSA) is 54.4 Å². The second kappa shape index (κ2) is 5.59. The Labute approximate surface area is 114 Å². The molecule has 0 fully saturated rings. The summed E-state index contributed by atoms with van der Waals surface area (Å²) in [4.78, 5) is 0.0830. The molecule has 1 rings (SSSR count). The quantitative estimate of drug-likeness (QED) is 0.927. The van der Waals surface area contributed by atoms with E-state index in [1.165, 1.54) is 12.1 Å². The van der Waals surface area contributed by atoms with Crippen LogP contribution in [0.5, 0.6) is 0 Å². The van der Waals surface area contributed by atoms with Crippen LogP contribution < -0.4 is 0 Å². The molecule has 0 aliphatic heterocycles. The van der Waals surface area contributed by atoms with Crippen LogP contribution in [0.2, 0.25) is 5.02 Å². The average molecular weight is 291 g/mol.